The Morgan fingerprint density at radius 1 is 0.757 bits per heavy atom. The molecule has 2 amide bonds. The van der Waals surface area contributed by atoms with Gasteiger partial charge in [-0.15, -0.1) is 0 Å². The molecule has 8 nitrogen and oxygen atoms in total. The number of ether oxygens (including phenoxy) is 3. The topological polar surface area (TPSA) is 98.8 Å². The number of para-hydroxylation sites is 1. The number of fused-ring (bicyclic) bond motifs is 1. The van der Waals surface area contributed by atoms with Gasteiger partial charge in [-0.1, -0.05) is 48.5 Å². The third kappa shape index (κ3) is 5.81. The zero-order valence-corrected chi connectivity index (χ0v) is 21.0. The highest BCUT2D eigenvalue weighted by Crippen LogP contribution is 2.38. The van der Waals surface area contributed by atoms with Gasteiger partial charge < -0.3 is 24.8 Å². The number of carbonyl (C=O) groups is 2. The molecule has 3 aromatic carbocycles. The van der Waals surface area contributed by atoms with Crippen LogP contribution in [-0.4, -0.2) is 51.2 Å². The van der Waals surface area contributed by atoms with Crippen molar-refractivity contribution in [2.45, 2.75) is 6.42 Å². The van der Waals surface area contributed by atoms with E-state index < -0.39 is 0 Å². The highest BCUT2D eigenvalue weighted by molar-refractivity contribution is 6.07. The molecule has 1 aromatic heterocycles. The van der Waals surface area contributed by atoms with Crippen molar-refractivity contribution >= 4 is 22.7 Å². The van der Waals surface area contributed by atoms with Crippen LogP contribution in [0.1, 0.15) is 27.1 Å². The van der Waals surface area contributed by atoms with E-state index in [1.807, 2.05) is 60.7 Å². The van der Waals surface area contributed by atoms with Crippen LogP contribution in [0, 0.1) is 0 Å². The van der Waals surface area contributed by atoms with E-state index in [9.17, 15) is 9.59 Å². The van der Waals surface area contributed by atoms with Gasteiger partial charge in [0.25, 0.3) is 11.8 Å². The number of nitrogens with zero attached hydrogens (tertiary/aromatic N) is 1. The minimum absolute atomic E-state index is 0.188. The third-order valence-electron chi connectivity index (χ3n) is 5.88. The largest absolute Gasteiger partial charge is 0.493 e. The summed E-state index contributed by atoms with van der Waals surface area (Å²) in [7, 11) is 4.50. The van der Waals surface area contributed by atoms with E-state index in [2.05, 4.69) is 10.6 Å². The van der Waals surface area contributed by atoms with Crippen LogP contribution in [0.5, 0.6) is 17.2 Å². The standard InChI is InChI=1S/C29H29N3O5/c1-35-25-16-20(17-26(36-2)27(25)37-3)28(33)30-14-9-15-31-29(34)22-18-24(19-10-5-4-6-11-19)32-23-13-8-7-12-21(22)23/h4-8,10-13,16-18H,9,14-15H2,1-3H3,(H,30,33)(H,31,34). The summed E-state index contributed by atoms with van der Waals surface area (Å²) in [5.74, 6) is 0.755. The number of hydrogen-bond donors (Lipinski definition) is 2. The van der Waals surface area contributed by atoms with Gasteiger partial charge in [0.2, 0.25) is 5.75 Å². The Labute approximate surface area is 215 Å². The Bertz CT molecular complexity index is 1380. The highest BCUT2D eigenvalue weighted by Gasteiger charge is 2.17. The molecule has 0 atom stereocenters. The number of benzene rings is 3. The average molecular weight is 500 g/mol. The number of methoxy groups -OCH3 is 3. The molecular weight excluding hydrogens is 470 g/mol. The molecule has 0 fully saturated rings. The first-order valence-electron chi connectivity index (χ1n) is 11.9. The lowest BCUT2D eigenvalue weighted by molar-refractivity contribution is 0.0951. The number of rotatable bonds is 10. The molecule has 4 rings (SSSR count). The zero-order chi connectivity index (χ0) is 26.2. The summed E-state index contributed by atoms with van der Waals surface area (Å²) >= 11 is 0. The van der Waals surface area contributed by atoms with Crippen LogP contribution in [0.25, 0.3) is 22.2 Å². The molecule has 0 saturated carbocycles. The molecule has 0 aliphatic heterocycles. The minimum atomic E-state index is -0.279. The first-order chi connectivity index (χ1) is 18.0. The van der Waals surface area contributed by atoms with Crippen LogP contribution in [-0.2, 0) is 0 Å². The van der Waals surface area contributed by atoms with Crippen LogP contribution in [0.15, 0.2) is 72.8 Å². The van der Waals surface area contributed by atoms with Crippen LogP contribution in [0.3, 0.4) is 0 Å². The van der Waals surface area contributed by atoms with E-state index in [-0.39, 0.29) is 11.8 Å². The lowest BCUT2D eigenvalue weighted by Gasteiger charge is -2.14. The molecule has 8 heteroatoms. The van der Waals surface area contributed by atoms with E-state index in [4.69, 9.17) is 19.2 Å². The summed E-state index contributed by atoms with van der Waals surface area (Å²) in [6, 6.07) is 22.4. The Morgan fingerprint density at radius 3 is 2.03 bits per heavy atom. The molecule has 0 bridgehead atoms. The molecule has 4 aromatic rings. The average Bonchev–Trinajstić information content (AvgIpc) is 2.95. The summed E-state index contributed by atoms with van der Waals surface area (Å²) in [5.41, 5.74) is 3.38. The van der Waals surface area contributed by atoms with Gasteiger partial charge in [0.1, 0.15) is 0 Å². The van der Waals surface area contributed by atoms with Crippen molar-refractivity contribution in [3.05, 3.63) is 83.9 Å². The molecule has 2 N–H and O–H groups in total. The van der Waals surface area contributed by atoms with Gasteiger partial charge >= 0.3 is 0 Å². The Morgan fingerprint density at radius 2 is 1.38 bits per heavy atom. The molecule has 190 valence electrons. The number of aromatic nitrogens is 1. The highest BCUT2D eigenvalue weighted by atomic mass is 16.5. The second-order valence-electron chi connectivity index (χ2n) is 8.22. The fourth-order valence-electron chi connectivity index (χ4n) is 4.02. The maximum Gasteiger partial charge on any atom is 0.252 e. The van der Waals surface area contributed by atoms with Crippen molar-refractivity contribution in [2.24, 2.45) is 0 Å². The monoisotopic (exact) mass is 499 g/mol. The summed E-state index contributed by atoms with van der Waals surface area (Å²) < 4.78 is 15.9. The number of hydrogen-bond acceptors (Lipinski definition) is 6. The van der Waals surface area contributed by atoms with E-state index in [0.717, 1.165) is 22.2 Å². The molecule has 0 saturated heterocycles. The molecule has 0 unspecified atom stereocenters. The van der Waals surface area contributed by atoms with Gasteiger partial charge in [-0.2, -0.15) is 0 Å². The van der Waals surface area contributed by atoms with E-state index in [1.54, 1.807) is 12.1 Å². The van der Waals surface area contributed by atoms with Gasteiger partial charge in [-0.3, -0.25) is 9.59 Å². The van der Waals surface area contributed by atoms with Crippen LogP contribution in [0.2, 0.25) is 0 Å². The van der Waals surface area contributed by atoms with Crippen molar-refractivity contribution < 1.29 is 23.8 Å². The van der Waals surface area contributed by atoms with Crippen molar-refractivity contribution in [3.8, 4) is 28.5 Å². The first-order valence-corrected chi connectivity index (χ1v) is 11.9. The zero-order valence-electron chi connectivity index (χ0n) is 21.0. The van der Waals surface area contributed by atoms with E-state index in [0.29, 0.717) is 47.9 Å². The maximum absolute atomic E-state index is 13.1. The quantitative estimate of drug-likeness (QED) is 0.312. The van der Waals surface area contributed by atoms with Crippen molar-refractivity contribution in [1.29, 1.82) is 0 Å². The van der Waals surface area contributed by atoms with Crippen molar-refractivity contribution in [2.75, 3.05) is 34.4 Å². The molecule has 0 aliphatic carbocycles. The third-order valence-corrected chi connectivity index (χ3v) is 5.88. The predicted molar refractivity (Wildman–Crippen MR) is 143 cm³/mol. The van der Waals surface area contributed by atoms with Crippen molar-refractivity contribution in [3.63, 3.8) is 0 Å². The fourth-order valence-corrected chi connectivity index (χ4v) is 4.02. The van der Waals surface area contributed by atoms with Crippen LogP contribution >= 0.6 is 0 Å². The number of carbonyl (C=O) groups excluding carboxylic acids is 2. The fraction of sp³-hybridized carbons (Fsp3) is 0.207. The van der Waals surface area contributed by atoms with E-state index >= 15 is 0 Å². The van der Waals surface area contributed by atoms with Gasteiger partial charge in [-0.05, 0) is 30.7 Å². The smallest absolute Gasteiger partial charge is 0.252 e. The Balaban J connectivity index is 1.38. The molecule has 0 aliphatic rings. The van der Waals surface area contributed by atoms with Crippen LogP contribution in [0.4, 0.5) is 0 Å². The first kappa shape index (κ1) is 25.5. The molecule has 0 radical (unpaired) electrons. The van der Waals surface area contributed by atoms with Crippen molar-refractivity contribution in [1.82, 2.24) is 15.6 Å². The van der Waals surface area contributed by atoms with Gasteiger partial charge in [0, 0.05) is 29.6 Å². The Kier molecular flexibility index (Phi) is 8.20. The SMILES string of the molecule is COc1cc(C(=O)NCCCNC(=O)c2cc(-c3ccccc3)nc3ccccc23)cc(OC)c1OC. The molecule has 1 heterocycles. The minimum Gasteiger partial charge on any atom is -0.493 e. The lowest BCUT2D eigenvalue weighted by Crippen LogP contribution is -2.30. The number of pyridine rings is 1. The molecule has 0 spiro atoms. The van der Waals surface area contributed by atoms with Crippen LogP contribution < -0.4 is 24.8 Å². The van der Waals surface area contributed by atoms with Gasteiger partial charge in [0.15, 0.2) is 11.5 Å². The second-order valence-corrected chi connectivity index (χ2v) is 8.22. The second kappa shape index (κ2) is 11.9. The summed E-state index contributed by atoms with van der Waals surface area (Å²) in [6.07, 6.45) is 0.552. The Hall–Kier alpha value is -4.59. The maximum atomic E-state index is 13.1. The summed E-state index contributed by atoms with van der Waals surface area (Å²) in [4.78, 5) is 30.5. The van der Waals surface area contributed by atoms with Gasteiger partial charge in [0.05, 0.1) is 38.1 Å². The summed E-state index contributed by atoms with van der Waals surface area (Å²) in [6.45, 7) is 0.772. The van der Waals surface area contributed by atoms with E-state index in [1.165, 1.54) is 21.3 Å². The summed E-state index contributed by atoms with van der Waals surface area (Å²) in [5, 5.41) is 6.61. The normalized spacial score (nSPS) is 10.6. The lowest BCUT2D eigenvalue weighted by atomic mass is 10.0. The number of amides is 2. The predicted octanol–water partition coefficient (Wildman–Crippen LogP) is 4.48. The molecule has 37 heavy (non-hydrogen) atoms. The van der Waals surface area contributed by atoms with Gasteiger partial charge in [-0.25, -0.2) is 4.98 Å². The molecular formula is C29H29N3O5. The number of nitrogens with one attached hydrogen (secondary N) is 2.